The van der Waals surface area contributed by atoms with Crippen molar-refractivity contribution >= 4 is 23.0 Å². The minimum atomic E-state index is -1.55. The second kappa shape index (κ2) is 6.58. The number of anilines is 1. The van der Waals surface area contributed by atoms with E-state index in [-0.39, 0.29) is 6.54 Å². The summed E-state index contributed by atoms with van der Waals surface area (Å²) in [5.41, 5.74) is -2.78. The number of carboxylic acids is 1. The molecule has 4 N–H and O–H groups in total. The van der Waals surface area contributed by atoms with Gasteiger partial charge in [0, 0.05) is 18.7 Å². The van der Waals surface area contributed by atoms with E-state index in [0.717, 1.165) is 0 Å². The van der Waals surface area contributed by atoms with Crippen LogP contribution in [0.4, 0.5) is 17.1 Å². The normalized spacial score (nSPS) is 11.7. The summed E-state index contributed by atoms with van der Waals surface area (Å²) in [5.74, 6) is -1.55. The maximum Gasteiger partial charge on any atom is 0.336 e. The summed E-state index contributed by atoms with van der Waals surface area (Å²) in [5, 5.41) is 50.8. The van der Waals surface area contributed by atoms with E-state index in [1.807, 2.05) is 0 Å². The number of carbonyl (C=O) groups is 1. The first-order valence-corrected chi connectivity index (χ1v) is 5.50. The van der Waals surface area contributed by atoms with Crippen molar-refractivity contribution in [3.63, 3.8) is 0 Å². The maximum atomic E-state index is 10.9. The molecule has 21 heavy (non-hydrogen) atoms. The van der Waals surface area contributed by atoms with E-state index in [9.17, 15) is 30.1 Å². The highest BCUT2D eigenvalue weighted by molar-refractivity contribution is 5.92. The van der Waals surface area contributed by atoms with Crippen LogP contribution in [0.25, 0.3) is 0 Å². The van der Waals surface area contributed by atoms with Crippen molar-refractivity contribution in [1.29, 1.82) is 0 Å². The van der Waals surface area contributed by atoms with Gasteiger partial charge in [0.05, 0.1) is 28.1 Å². The summed E-state index contributed by atoms with van der Waals surface area (Å²) in [7, 11) is 0. The fourth-order valence-electron chi connectivity index (χ4n) is 1.49. The smallest absolute Gasteiger partial charge is 0.336 e. The second-order valence-corrected chi connectivity index (χ2v) is 3.93. The van der Waals surface area contributed by atoms with Gasteiger partial charge in [-0.25, -0.2) is 4.79 Å². The number of nitro benzene ring substituents is 2. The van der Waals surface area contributed by atoms with E-state index in [4.69, 9.17) is 10.2 Å². The minimum absolute atomic E-state index is 0.384. The molecule has 1 unspecified atom stereocenters. The molecule has 11 heteroatoms. The Morgan fingerprint density at radius 2 is 1.71 bits per heavy atom. The van der Waals surface area contributed by atoms with E-state index < -0.39 is 51.2 Å². The van der Waals surface area contributed by atoms with Crippen molar-refractivity contribution < 1.29 is 30.0 Å². The second-order valence-electron chi connectivity index (χ2n) is 3.93. The van der Waals surface area contributed by atoms with Crippen molar-refractivity contribution in [2.24, 2.45) is 0 Å². The van der Waals surface area contributed by atoms with Crippen LogP contribution in [-0.2, 0) is 0 Å². The summed E-state index contributed by atoms with van der Waals surface area (Å²) >= 11 is 0. The molecule has 0 saturated heterocycles. The topological polar surface area (TPSA) is 176 Å². The van der Waals surface area contributed by atoms with Gasteiger partial charge in [-0.2, -0.15) is 0 Å². The molecule has 1 aromatic carbocycles. The number of hydrogen-bond acceptors (Lipinski definition) is 8. The maximum absolute atomic E-state index is 10.9. The Kier molecular flexibility index (Phi) is 5.10. The Balaban J connectivity index is 3.39. The Bertz CT molecular complexity index is 553. The number of hydrogen-bond donors (Lipinski definition) is 4. The Hall–Kier alpha value is -2.79. The number of aliphatic hydroxyl groups excluding tert-OH is 2. The molecular formula is C10H11N3O8. The van der Waals surface area contributed by atoms with Crippen molar-refractivity contribution in [3.05, 3.63) is 37.9 Å². The molecule has 0 aromatic heterocycles. The number of nitrogens with zero attached hydrogens (tertiary/aromatic N) is 2. The first-order valence-electron chi connectivity index (χ1n) is 5.50. The Labute approximate surface area is 116 Å². The molecular weight excluding hydrogens is 290 g/mol. The van der Waals surface area contributed by atoms with Gasteiger partial charge >= 0.3 is 5.97 Å². The fourth-order valence-corrected chi connectivity index (χ4v) is 1.49. The third-order valence-corrected chi connectivity index (χ3v) is 2.46. The molecule has 0 radical (unpaired) electrons. The van der Waals surface area contributed by atoms with Crippen LogP contribution in [0, 0.1) is 20.2 Å². The van der Waals surface area contributed by atoms with Crippen LogP contribution in [-0.4, -0.2) is 50.4 Å². The summed E-state index contributed by atoms with van der Waals surface area (Å²) in [6.45, 7) is -1.04. The molecule has 0 aliphatic carbocycles. The molecule has 0 fully saturated rings. The zero-order valence-corrected chi connectivity index (χ0v) is 10.4. The SMILES string of the molecule is O=C(O)c1cc([N+](=O)[O-])c(NCC(O)CO)c([N+](=O)[O-])c1. The number of nitro groups is 2. The average Bonchev–Trinajstić information content (AvgIpc) is 2.43. The molecule has 0 spiro atoms. The molecule has 11 nitrogen and oxygen atoms in total. The molecule has 1 aromatic rings. The highest BCUT2D eigenvalue weighted by Gasteiger charge is 2.28. The quantitative estimate of drug-likeness (QED) is 0.397. The Morgan fingerprint density at radius 3 is 2.05 bits per heavy atom. The molecule has 0 bridgehead atoms. The average molecular weight is 301 g/mol. The molecule has 0 heterocycles. The zero-order chi connectivity index (χ0) is 16.2. The van der Waals surface area contributed by atoms with Gasteiger partial charge in [0.25, 0.3) is 11.4 Å². The monoisotopic (exact) mass is 301 g/mol. The van der Waals surface area contributed by atoms with Crippen LogP contribution < -0.4 is 5.32 Å². The molecule has 114 valence electrons. The number of benzene rings is 1. The van der Waals surface area contributed by atoms with Gasteiger partial charge in [-0.05, 0) is 0 Å². The Morgan fingerprint density at radius 1 is 1.24 bits per heavy atom. The van der Waals surface area contributed by atoms with Crippen LogP contribution in [0.1, 0.15) is 10.4 Å². The standard InChI is InChI=1S/C10H11N3O8/c14-4-6(15)3-11-9-7(12(18)19)1-5(10(16)17)2-8(9)13(20)21/h1-2,6,11,14-15H,3-4H2,(H,16,17). The zero-order valence-electron chi connectivity index (χ0n) is 10.4. The molecule has 0 aliphatic heterocycles. The molecule has 1 rings (SSSR count). The lowest BCUT2D eigenvalue weighted by atomic mass is 10.1. The van der Waals surface area contributed by atoms with Crippen molar-refractivity contribution in [2.75, 3.05) is 18.5 Å². The van der Waals surface area contributed by atoms with Gasteiger partial charge < -0.3 is 20.6 Å². The molecule has 0 aliphatic rings. The number of nitrogens with one attached hydrogen (secondary N) is 1. The largest absolute Gasteiger partial charge is 0.478 e. The van der Waals surface area contributed by atoms with E-state index >= 15 is 0 Å². The fraction of sp³-hybridized carbons (Fsp3) is 0.300. The van der Waals surface area contributed by atoms with Crippen LogP contribution >= 0.6 is 0 Å². The van der Waals surface area contributed by atoms with Crippen LogP contribution in [0.2, 0.25) is 0 Å². The summed E-state index contributed by atoms with van der Waals surface area (Å²) in [4.78, 5) is 30.7. The lowest BCUT2D eigenvalue weighted by Crippen LogP contribution is -2.23. The number of aliphatic hydroxyl groups is 2. The highest BCUT2D eigenvalue weighted by atomic mass is 16.6. The third kappa shape index (κ3) is 3.84. The van der Waals surface area contributed by atoms with E-state index in [0.29, 0.717) is 12.1 Å². The van der Waals surface area contributed by atoms with Crippen LogP contribution in [0.5, 0.6) is 0 Å². The van der Waals surface area contributed by atoms with Crippen LogP contribution in [0.3, 0.4) is 0 Å². The molecule has 0 amide bonds. The third-order valence-electron chi connectivity index (χ3n) is 2.46. The van der Waals surface area contributed by atoms with Gasteiger partial charge in [-0.3, -0.25) is 20.2 Å². The summed E-state index contributed by atoms with van der Waals surface area (Å²) < 4.78 is 0. The van der Waals surface area contributed by atoms with Gasteiger partial charge in [-0.15, -0.1) is 0 Å². The van der Waals surface area contributed by atoms with E-state index in [1.54, 1.807) is 0 Å². The van der Waals surface area contributed by atoms with E-state index in [1.165, 1.54) is 0 Å². The highest BCUT2D eigenvalue weighted by Crippen LogP contribution is 2.35. The van der Waals surface area contributed by atoms with Gasteiger partial charge in [0.15, 0.2) is 5.69 Å². The molecule has 0 saturated carbocycles. The summed E-state index contributed by atoms with van der Waals surface area (Å²) in [6.07, 6.45) is -1.29. The van der Waals surface area contributed by atoms with Crippen LogP contribution in [0.15, 0.2) is 12.1 Å². The van der Waals surface area contributed by atoms with Gasteiger partial charge in [0.1, 0.15) is 0 Å². The van der Waals surface area contributed by atoms with Crippen molar-refractivity contribution in [2.45, 2.75) is 6.10 Å². The number of rotatable bonds is 7. The molecule has 1 atom stereocenters. The number of aromatic carboxylic acids is 1. The lowest BCUT2D eigenvalue weighted by Gasteiger charge is -2.11. The van der Waals surface area contributed by atoms with Gasteiger partial charge in [-0.1, -0.05) is 0 Å². The first kappa shape index (κ1) is 16.3. The lowest BCUT2D eigenvalue weighted by molar-refractivity contribution is -0.392. The van der Waals surface area contributed by atoms with E-state index in [2.05, 4.69) is 5.32 Å². The van der Waals surface area contributed by atoms with Gasteiger partial charge in [0.2, 0.25) is 0 Å². The summed E-state index contributed by atoms with van der Waals surface area (Å²) in [6, 6.07) is 1.34. The van der Waals surface area contributed by atoms with Crippen molar-refractivity contribution in [3.8, 4) is 0 Å². The minimum Gasteiger partial charge on any atom is -0.478 e. The number of carboxylic acid groups (broad SMARTS) is 1. The first-order chi connectivity index (χ1) is 9.77. The predicted molar refractivity (Wildman–Crippen MR) is 68.3 cm³/mol. The predicted octanol–water partition coefficient (Wildman–Crippen LogP) is -0.0337. The van der Waals surface area contributed by atoms with Crippen molar-refractivity contribution in [1.82, 2.24) is 0 Å².